The molecule has 1 aliphatic carbocycles. The summed E-state index contributed by atoms with van der Waals surface area (Å²) in [6, 6.07) is 0. The Labute approximate surface area is 129 Å². The number of allylic oxidation sites excluding steroid dienone is 2. The molecule has 0 aromatic carbocycles. The van der Waals surface area contributed by atoms with Crippen molar-refractivity contribution < 1.29 is 9.53 Å². The van der Waals surface area contributed by atoms with Crippen LogP contribution in [-0.2, 0) is 4.79 Å². The zero-order valence-electron chi connectivity index (χ0n) is 11.4. The normalized spacial score (nSPS) is 23.8. The molecule has 0 fully saturated rings. The second-order valence-corrected chi connectivity index (χ2v) is 7.40. The molecule has 0 saturated carbocycles. The standard InChI is InChI=1S/C13H14BrN3O2S/c1-13(2)4-6(18)9-7(10(13)14)17-8-11(19-3)15-5-16-12(8)20-9/h5,10,17H,4H2,1-3H3. The zero-order valence-corrected chi connectivity index (χ0v) is 13.8. The molecule has 2 aliphatic rings. The van der Waals surface area contributed by atoms with E-state index in [1.807, 2.05) is 0 Å². The van der Waals surface area contributed by atoms with Gasteiger partial charge in [-0.2, -0.15) is 4.98 Å². The molecule has 106 valence electrons. The Kier molecular flexibility index (Phi) is 3.29. The molecule has 0 bridgehead atoms. The fourth-order valence-electron chi connectivity index (χ4n) is 2.40. The lowest BCUT2D eigenvalue weighted by Gasteiger charge is -2.39. The van der Waals surface area contributed by atoms with Crippen LogP contribution in [0.1, 0.15) is 20.3 Å². The fraction of sp³-hybridized carbons (Fsp3) is 0.462. The first-order chi connectivity index (χ1) is 9.44. The lowest BCUT2D eigenvalue weighted by atomic mass is 9.78. The number of rotatable bonds is 1. The minimum atomic E-state index is -0.135. The second kappa shape index (κ2) is 4.73. The predicted molar refractivity (Wildman–Crippen MR) is 81.2 cm³/mol. The van der Waals surface area contributed by atoms with Crippen LogP contribution in [0.4, 0.5) is 5.69 Å². The second-order valence-electron chi connectivity index (χ2n) is 5.48. The SMILES string of the molecule is COc1ncnc2c1NC1=C(S2)C(=O)CC(C)(C)C1Br. The number of methoxy groups -OCH3 is 1. The monoisotopic (exact) mass is 355 g/mol. The summed E-state index contributed by atoms with van der Waals surface area (Å²) in [5.41, 5.74) is 1.48. The van der Waals surface area contributed by atoms with E-state index in [4.69, 9.17) is 4.74 Å². The Hall–Kier alpha value is -1.08. The van der Waals surface area contributed by atoms with Gasteiger partial charge < -0.3 is 10.1 Å². The first kappa shape index (κ1) is 13.9. The van der Waals surface area contributed by atoms with Crippen molar-refractivity contribution in [2.45, 2.75) is 30.1 Å². The van der Waals surface area contributed by atoms with E-state index in [2.05, 4.69) is 45.1 Å². The van der Waals surface area contributed by atoms with E-state index >= 15 is 0 Å². The Morgan fingerprint density at radius 1 is 1.50 bits per heavy atom. The van der Waals surface area contributed by atoms with E-state index in [1.54, 1.807) is 7.11 Å². The van der Waals surface area contributed by atoms with E-state index in [9.17, 15) is 4.79 Å². The maximum Gasteiger partial charge on any atom is 0.241 e. The van der Waals surface area contributed by atoms with E-state index in [-0.39, 0.29) is 16.0 Å². The highest BCUT2D eigenvalue weighted by atomic mass is 79.9. The Morgan fingerprint density at radius 2 is 2.25 bits per heavy atom. The molecule has 0 radical (unpaired) electrons. The molecule has 1 unspecified atom stereocenters. The molecule has 5 nitrogen and oxygen atoms in total. The lowest BCUT2D eigenvalue weighted by molar-refractivity contribution is -0.117. The van der Waals surface area contributed by atoms with Gasteiger partial charge in [-0.05, 0) is 5.41 Å². The van der Waals surface area contributed by atoms with Gasteiger partial charge in [-0.25, -0.2) is 4.98 Å². The lowest BCUT2D eigenvalue weighted by Crippen LogP contribution is -2.38. The molecule has 1 aromatic heterocycles. The van der Waals surface area contributed by atoms with Gasteiger partial charge in [0.15, 0.2) is 5.78 Å². The van der Waals surface area contributed by atoms with Crippen molar-refractivity contribution in [3.8, 4) is 5.88 Å². The highest BCUT2D eigenvalue weighted by Crippen LogP contribution is 2.51. The van der Waals surface area contributed by atoms with Gasteiger partial charge in [0.05, 0.1) is 16.8 Å². The highest BCUT2D eigenvalue weighted by molar-refractivity contribution is 9.09. The summed E-state index contributed by atoms with van der Waals surface area (Å²) in [7, 11) is 1.57. The van der Waals surface area contributed by atoms with Crippen molar-refractivity contribution in [2.75, 3.05) is 12.4 Å². The molecule has 1 N–H and O–H groups in total. The third-order valence-electron chi connectivity index (χ3n) is 3.48. The molecular weight excluding hydrogens is 342 g/mol. The van der Waals surface area contributed by atoms with Crippen LogP contribution in [0.15, 0.2) is 22.0 Å². The maximum atomic E-state index is 12.3. The summed E-state index contributed by atoms with van der Waals surface area (Å²) >= 11 is 5.10. The van der Waals surface area contributed by atoms with Crippen molar-refractivity contribution in [1.29, 1.82) is 0 Å². The number of ketones is 1. The smallest absolute Gasteiger partial charge is 0.241 e. The van der Waals surface area contributed by atoms with E-state index in [1.165, 1.54) is 18.1 Å². The minimum absolute atomic E-state index is 0.0771. The molecule has 0 saturated heterocycles. The van der Waals surface area contributed by atoms with Crippen LogP contribution in [0.5, 0.6) is 5.88 Å². The Balaban J connectivity index is 2.09. The van der Waals surface area contributed by atoms with Gasteiger partial charge in [-0.3, -0.25) is 4.79 Å². The number of carbonyl (C=O) groups is 1. The largest absolute Gasteiger partial charge is 0.479 e. The van der Waals surface area contributed by atoms with E-state index < -0.39 is 0 Å². The van der Waals surface area contributed by atoms with Crippen LogP contribution in [-0.4, -0.2) is 27.7 Å². The minimum Gasteiger partial charge on any atom is -0.479 e. The average molecular weight is 356 g/mol. The summed E-state index contributed by atoms with van der Waals surface area (Å²) in [4.78, 5) is 21.5. The van der Waals surface area contributed by atoms with E-state index in [0.29, 0.717) is 12.3 Å². The third-order valence-corrected chi connectivity index (χ3v) is 6.33. The Morgan fingerprint density at radius 3 is 2.95 bits per heavy atom. The van der Waals surface area contributed by atoms with Crippen molar-refractivity contribution >= 4 is 39.2 Å². The van der Waals surface area contributed by atoms with Gasteiger partial charge in [0.1, 0.15) is 17.0 Å². The van der Waals surface area contributed by atoms with E-state index in [0.717, 1.165) is 21.3 Å². The molecule has 1 atom stereocenters. The topological polar surface area (TPSA) is 64.1 Å². The van der Waals surface area contributed by atoms with Crippen LogP contribution in [0.25, 0.3) is 0 Å². The molecule has 0 amide bonds. The average Bonchev–Trinajstić information content (AvgIpc) is 2.42. The maximum absolute atomic E-state index is 12.3. The molecule has 3 rings (SSSR count). The van der Waals surface area contributed by atoms with Gasteiger partial charge >= 0.3 is 0 Å². The molecule has 0 spiro atoms. The summed E-state index contributed by atoms with van der Waals surface area (Å²) in [6.07, 6.45) is 1.97. The van der Waals surface area contributed by atoms with Crippen molar-refractivity contribution in [3.63, 3.8) is 0 Å². The van der Waals surface area contributed by atoms with Gasteiger partial charge in [-0.1, -0.05) is 41.5 Å². The number of nitrogens with zero attached hydrogens (tertiary/aromatic N) is 2. The molecule has 1 aliphatic heterocycles. The molecule has 7 heteroatoms. The number of nitrogens with one attached hydrogen (secondary N) is 1. The van der Waals surface area contributed by atoms with Crippen LogP contribution >= 0.6 is 27.7 Å². The first-order valence-corrected chi connectivity index (χ1v) is 7.92. The molecule has 20 heavy (non-hydrogen) atoms. The number of halogens is 1. The first-order valence-electron chi connectivity index (χ1n) is 6.19. The number of anilines is 1. The number of hydrogen-bond acceptors (Lipinski definition) is 6. The number of thioether (sulfide) groups is 1. The number of alkyl halides is 1. The fourth-order valence-corrected chi connectivity index (χ4v) is 4.05. The van der Waals surface area contributed by atoms with Gasteiger partial charge in [0.2, 0.25) is 5.88 Å². The predicted octanol–water partition coefficient (Wildman–Crippen LogP) is 2.98. The molecule has 1 aromatic rings. The number of aromatic nitrogens is 2. The summed E-state index contributed by atoms with van der Waals surface area (Å²) in [5.74, 6) is 0.644. The molecule has 2 heterocycles. The summed E-state index contributed by atoms with van der Waals surface area (Å²) in [6.45, 7) is 4.16. The number of carbonyl (C=O) groups excluding carboxylic acids is 1. The highest BCUT2D eigenvalue weighted by Gasteiger charge is 2.43. The van der Waals surface area contributed by atoms with Crippen LogP contribution in [0, 0.1) is 5.41 Å². The number of ether oxygens (including phenoxy) is 1. The van der Waals surface area contributed by atoms with Gasteiger partial charge in [0.25, 0.3) is 0 Å². The van der Waals surface area contributed by atoms with Crippen molar-refractivity contribution in [1.82, 2.24) is 9.97 Å². The third kappa shape index (κ3) is 2.03. The summed E-state index contributed by atoms with van der Waals surface area (Å²) < 4.78 is 5.26. The quantitative estimate of drug-likeness (QED) is 0.617. The zero-order chi connectivity index (χ0) is 14.5. The number of fused-ring (bicyclic) bond motifs is 1. The molecular formula is C13H14BrN3O2S. The van der Waals surface area contributed by atoms with Gasteiger partial charge in [0, 0.05) is 12.1 Å². The Bertz CT molecular complexity index is 630. The van der Waals surface area contributed by atoms with Crippen molar-refractivity contribution in [2.24, 2.45) is 5.41 Å². The number of Topliss-reactive ketones (excluding diaryl/α,β-unsaturated/α-hetero) is 1. The van der Waals surface area contributed by atoms with Gasteiger partial charge in [-0.15, -0.1) is 0 Å². The van der Waals surface area contributed by atoms with Crippen LogP contribution in [0.2, 0.25) is 0 Å². The van der Waals surface area contributed by atoms with Crippen LogP contribution in [0.3, 0.4) is 0 Å². The van der Waals surface area contributed by atoms with Crippen LogP contribution < -0.4 is 10.1 Å². The van der Waals surface area contributed by atoms with Crippen molar-refractivity contribution in [3.05, 3.63) is 16.9 Å². The number of hydrogen-bond donors (Lipinski definition) is 1. The summed E-state index contributed by atoms with van der Waals surface area (Å²) in [5, 5.41) is 4.02.